The minimum absolute atomic E-state index is 0.0915. The predicted molar refractivity (Wildman–Crippen MR) is 53.7 cm³/mol. The maximum atomic E-state index is 12.7. The molecule has 0 fully saturated rings. The first kappa shape index (κ1) is 11.5. The topological polar surface area (TPSA) is 78.3 Å². The van der Waals surface area contributed by atoms with Crippen LogP contribution in [-0.2, 0) is 4.79 Å². The van der Waals surface area contributed by atoms with Crippen LogP contribution in [0.5, 0.6) is 5.75 Å². The molecule has 1 unspecified atom stereocenters. The van der Waals surface area contributed by atoms with Crippen LogP contribution in [0.1, 0.15) is 6.92 Å². The van der Waals surface area contributed by atoms with Crippen molar-refractivity contribution in [3.8, 4) is 5.75 Å². The van der Waals surface area contributed by atoms with Gasteiger partial charge in [-0.25, -0.2) is 4.39 Å². The van der Waals surface area contributed by atoms with Crippen molar-refractivity contribution >= 4 is 5.91 Å². The van der Waals surface area contributed by atoms with Gasteiger partial charge in [-0.1, -0.05) is 6.07 Å². The molecule has 5 heteroatoms. The molecule has 15 heavy (non-hydrogen) atoms. The molecule has 0 aliphatic carbocycles. The highest BCUT2D eigenvalue weighted by Gasteiger charge is 2.26. The number of carbonyl (C=O) groups is 1. The van der Waals surface area contributed by atoms with Gasteiger partial charge in [0.15, 0.2) is 0 Å². The van der Waals surface area contributed by atoms with E-state index in [9.17, 15) is 9.18 Å². The minimum Gasteiger partial charge on any atom is -0.491 e. The van der Waals surface area contributed by atoms with E-state index < -0.39 is 17.3 Å². The molecule has 82 valence electrons. The molecule has 0 heterocycles. The monoisotopic (exact) mass is 212 g/mol. The van der Waals surface area contributed by atoms with Crippen LogP contribution < -0.4 is 16.2 Å². The summed E-state index contributed by atoms with van der Waals surface area (Å²) < 4.78 is 17.9. The summed E-state index contributed by atoms with van der Waals surface area (Å²) in [5.41, 5.74) is 9.34. The summed E-state index contributed by atoms with van der Waals surface area (Å²) in [6.07, 6.45) is 0. The number of rotatable bonds is 4. The lowest BCUT2D eigenvalue weighted by Crippen LogP contribution is -2.53. The van der Waals surface area contributed by atoms with E-state index in [1.807, 2.05) is 0 Å². The van der Waals surface area contributed by atoms with E-state index >= 15 is 0 Å². The summed E-state index contributed by atoms with van der Waals surface area (Å²) in [6.45, 7) is 1.36. The van der Waals surface area contributed by atoms with Crippen LogP contribution in [0.3, 0.4) is 0 Å². The van der Waals surface area contributed by atoms with E-state index in [1.54, 1.807) is 6.07 Å². The lowest BCUT2D eigenvalue weighted by atomic mass is 10.1. The summed E-state index contributed by atoms with van der Waals surface area (Å²) >= 11 is 0. The summed E-state index contributed by atoms with van der Waals surface area (Å²) in [4.78, 5) is 10.9. The zero-order valence-corrected chi connectivity index (χ0v) is 8.37. The molecule has 0 radical (unpaired) electrons. The standard InChI is InChI=1S/C10H13FN2O2/c1-10(13,9(12)14)6-15-8-4-2-3-7(11)5-8/h2-5H,6,13H2,1H3,(H2,12,14). The molecule has 0 bridgehead atoms. The molecule has 0 saturated carbocycles. The number of primary amides is 1. The van der Waals surface area contributed by atoms with Crippen molar-refractivity contribution < 1.29 is 13.9 Å². The Bertz CT molecular complexity index is 366. The molecule has 0 aliphatic rings. The van der Waals surface area contributed by atoms with Gasteiger partial charge in [0.25, 0.3) is 0 Å². The fourth-order valence-electron chi connectivity index (χ4n) is 0.861. The third-order valence-corrected chi connectivity index (χ3v) is 1.90. The predicted octanol–water partition coefficient (Wildman–Crippen LogP) is 0.407. The van der Waals surface area contributed by atoms with Crippen LogP contribution in [0.25, 0.3) is 0 Å². The third-order valence-electron chi connectivity index (χ3n) is 1.90. The summed E-state index contributed by atoms with van der Waals surface area (Å²) in [5, 5.41) is 0. The first-order valence-corrected chi connectivity index (χ1v) is 4.39. The van der Waals surface area contributed by atoms with Crippen molar-refractivity contribution in [3.05, 3.63) is 30.1 Å². The second-order valence-corrected chi connectivity index (χ2v) is 3.53. The molecule has 4 N–H and O–H groups in total. The molecular formula is C10H13FN2O2. The van der Waals surface area contributed by atoms with E-state index in [1.165, 1.54) is 25.1 Å². The smallest absolute Gasteiger partial charge is 0.240 e. The highest BCUT2D eigenvalue weighted by atomic mass is 19.1. The molecule has 1 aromatic carbocycles. The quantitative estimate of drug-likeness (QED) is 0.758. The molecule has 1 amide bonds. The highest BCUT2D eigenvalue weighted by molar-refractivity contribution is 5.84. The molecule has 1 atom stereocenters. The first-order chi connectivity index (χ1) is 6.92. The van der Waals surface area contributed by atoms with Gasteiger partial charge in [0, 0.05) is 6.07 Å². The second-order valence-electron chi connectivity index (χ2n) is 3.53. The fraction of sp³-hybridized carbons (Fsp3) is 0.300. The maximum absolute atomic E-state index is 12.7. The van der Waals surface area contributed by atoms with Crippen molar-refractivity contribution in [2.24, 2.45) is 11.5 Å². The van der Waals surface area contributed by atoms with Crippen LogP contribution in [-0.4, -0.2) is 18.1 Å². The van der Waals surface area contributed by atoms with Gasteiger partial charge in [-0.15, -0.1) is 0 Å². The van der Waals surface area contributed by atoms with Crippen molar-refractivity contribution in [1.82, 2.24) is 0 Å². The number of hydrogen-bond acceptors (Lipinski definition) is 3. The van der Waals surface area contributed by atoms with Crippen molar-refractivity contribution in [1.29, 1.82) is 0 Å². The zero-order chi connectivity index (χ0) is 11.5. The van der Waals surface area contributed by atoms with E-state index in [0.29, 0.717) is 5.75 Å². The molecule has 0 spiro atoms. The first-order valence-electron chi connectivity index (χ1n) is 4.39. The van der Waals surface area contributed by atoms with Gasteiger partial charge < -0.3 is 16.2 Å². The fourth-order valence-corrected chi connectivity index (χ4v) is 0.861. The van der Waals surface area contributed by atoms with Crippen molar-refractivity contribution in [2.75, 3.05) is 6.61 Å². The van der Waals surface area contributed by atoms with Crippen LogP contribution in [0.15, 0.2) is 24.3 Å². The molecule has 0 saturated heterocycles. The summed E-state index contributed by atoms with van der Waals surface area (Å²) in [6, 6.07) is 5.57. The zero-order valence-electron chi connectivity index (χ0n) is 8.37. The van der Waals surface area contributed by atoms with Gasteiger partial charge in [-0.05, 0) is 19.1 Å². The van der Waals surface area contributed by atoms with Crippen LogP contribution in [0.4, 0.5) is 4.39 Å². The summed E-state index contributed by atoms with van der Waals surface area (Å²) in [7, 11) is 0. The number of halogens is 1. The Morgan fingerprint density at radius 1 is 1.60 bits per heavy atom. The van der Waals surface area contributed by atoms with Crippen molar-refractivity contribution in [3.63, 3.8) is 0 Å². The molecule has 1 rings (SSSR count). The highest BCUT2D eigenvalue weighted by Crippen LogP contribution is 2.13. The molecular weight excluding hydrogens is 199 g/mol. The van der Waals surface area contributed by atoms with Gasteiger partial charge in [0.05, 0.1) is 0 Å². The Balaban J connectivity index is 2.61. The number of carbonyl (C=O) groups excluding carboxylic acids is 1. The van der Waals surface area contributed by atoms with E-state index in [4.69, 9.17) is 16.2 Å². The van der Waals surface area contributed by atoms with Gasteiger partial charge in [0.1, 0.15) is 23.7 Å². The van der Waals surface area contributed by atoms with Gasteiger partial charge in [-0.2, -0.15) is 0 Å². The van der Waals surface area contributed by atoms with Crippen LogP contribution in [0, 0.1) is 5.82 Å². The SMILES string of the molecule is CC(N)(COc1cccc(F)c1)C(N)=O. The molecule has 0 aromatic heterocycles. The molecule has 1 aromatic rings. The van der Waals surface area contributed by atoms with Crippen LogP contribution in [0.2, 0.25) is 0 Å². The van der Waals surface area contributed by atoms with Gasteiger partial charge in [-0.3, -0.25) is 4.79 Å². The maximum Gasteiger partial charge on any atom is 0.240 e. The average Bonchev–Trinajstić information content (AvgIpc) is 2.15. The van der Waals surface area contributed by atoms with Gasteiger partial charge >= 0.3 is 0 Å². The Morgan fingerprint density at radius 3 is 2.80 bits per heavy atom. The number of benzene rings is 1. The third kappa shape index (κ3) is 3.21. The summed E-state index contributed by atoms with van der Waals surface area (Å²) in [5.74, 6) is -0.767. The number of ether oxygens (including phenoxy) is 1. The van der Waals surface area contributed by atoms with Crippen molar-refractivity contribution in [2.45, 2.75) is 12.5 Å². The average molecular weight is 212 g/mol. The number of nitrogens with two attached hydrogens (primary N) is 2. The lowest BCUT2D eigenvalue weighted by Gasteiger charge is -2.20. The second kappa shape index (κ2) is 4.27. The van der Waals surface area contributed by atoms with Crippen LogP contribution >= 0.6 is 0 Å². The molecule has 0 aliphatic heterocycles. The minimum atomic E-state index is -1.26. The largest absolute Gasteiger partial charge is 0.491 e. The van der Waals surface area contributed by atoms with E-state index in [0.717, 1.165) is 0 Å². The number of hydrogen-bond donors (Lipinski definition) is 2. The normalized spacial score (nSPS) is 14.3. The Labute approximate surface area is 87.0 Å². The van der Waals surface area contributed by atoms with E-state index in [2.05, 4.69) is 0 Å². The Morgan fingerprint density at radius 2 is 2.27 bits per heavy atom. The number of amides is 1. The Hall–Kier alpha value is -1.62. The van der Waals surface area contributed by atoms with Gasteiger partial charge in [0.2, 0.25) is 5.91 Å². The molecule has 4 nitrogen and oxygen atoms in total. The Kier molecular flexibility index (Phi) is 3.26. The van der Waals surface area contributed by atoms with E-state index in [-0.39, 0.29) is 6.61 Å². The lowest BCUT2D eigenvalue weighted by molar-refractivity contribution is -0.123.